The van der Waals surface area contributed by atoms with Crippen molar-refractivity contribution in [3.05, 3.63) is 0 Å². The van der Waals surface area contributed by atoms with Gasteiger partial charge >= 0.3 is 0 Å². The van der Waals surface area contributed by atoms with E-state index in [1.165, 1.54) is 32.5 Å². The second-order valence-electron chi connectivity index (χ2n) is 6.62. The molecule has 0 aromatic heterocycles. The van der Waals surface area contributed by atoms with Crippen LogP contribution in [0.1, 0.15) is 53.4 Å². The molecule has 0 atom stereocenters. The fraction of sp³-hybridized carbons (Fsp3) is 0.938. The topological polar surface area (TPSA) is 32.3 Å². The lowest BCUT2D eigenvalue weighted by atomic mass is 9.98. The van der Waals surface area contributed by atoms with E-state index in [2.05, 4.69) is 24.1 Å². The van der Waals surface area contributed by atoms with Crippen molar-refractivity contribution >= 4 is 5.78 Å². The van der Waals surface area contributed by atoms with Crippen molar-refractivity contribution < 1.29 is 4.79 Å². The maximum absolute atomic E-state index is 11.5. The molecular formula is C16H32N2O. The predicted molar refractivity (Wildman–Crippen MR) is 81.4 cm³/mol. The molecule has 19 heavy (non-hydrogen) atoms. The van der Waals surface area contributed by atoms with Crippen LogP contribution in [0.2, 0.25) is 0 Å². The number of Topliss-reactive ketones (excluding diaryl/α,β-unsaturated/α-hetero) is 1. The van der Waals surface area contributed by atoms with Gasteiger partial charge in [-0.1, -0.05) is 34.1 Å². The lowest BCUT2D eigenvalue weighted by Gasteiger charge is -2.39. The van der Waals surface area contributed by atoms with Crippen LogP contribution >= 0.6 is 0 Å². The number of unbranched alkanes of at least 4 members (excludes halogenated alkanes) is 2. The van der Waals surface area contributed by atoms with E-state index in [-0.39, 0.29) is 5.92 Å². The van der Waals surface area contributed by atoms with Crippen LogP contribution in [-0.4, -0.2) is 42.9 Å². The maximum Gasteiger partial charge on any atom is 0.135 e. The van der Waals surface area contributed by atoms with Crippen molar-refractivity contribution in [1.82, 2.24) is 10.2 Å². The number of nitrogens with one attached hydrogen (secondary N) is 1. The Balaban J connectivity index is 1.89. The van der Waals surface area contributed by atoms with E-state index in [1.54, 1.807) is 0 Å². The van der Waals surface area contributed by atoms with E-state index in [0.29, 0.717) is 11.8 Å². The minimum absolute atomic E-state index is 0.213. The number of nitrogens with zero attached hydrogens (tertiary/aromatic N) is 1. The van der Waals surface area contributed by atoms with Gasteiger partial charge in [-0.25, -0.2) is 0 Å². The lowest BCUT2D eigenvalue weighted by Crippen LogP contribution is -2.51. The smallest absolute Gasteiger partial charge is 0.135 e. The molecule has 1 saturated heterocycles. The number of carbonyl (C=O) groups is 1. The van der Waals surface area contributed by atoms with Gasteiger partial charge in [0.1, 0.15) is 5.78 Å². The molecule has 1 fully saturated rings. The van der Waals surface area contributed by atoms with E-state index in [0.717, 1.165) is 25.3 Å². The first-order chi connectivity index (χ1) is 8.99. The highest BCUT2D eigenvalue weighted by molar-refractivity contribution is 5.80. The van der Waals surface area contributed by atoms with Crippen molar-refractivity contribution in [3.63, 3.8) is 0 Å². The van der Waals surface area contributed by atoms with E-state index < -0.39 is 0 Å². The van der Waals surface area contributed by atoms with Crippen LogP contribution in [0, 0.1) is 11.8 Å². The molecule has 0 amide bonds. The summed E-state index contributed by atoms with van der Waals surface area (Å²) < 4.78 is 0. The minimum atomic E-state index is 0.213. The third-order valence-electron chi connectivity index (χ3n) is 3.89. The molecule has 0 aliphatic carbocycles. The zero-order chi connectivity index (χ0) is 14.3. The third-order valence-corrected chi connectivity index (χ3v) is 3.89. The van der Waals surface area contributed by atoms with Gasteiger partial charge in [0.05, 0.1) is 0 Å². The van der Waals surface area contributed by atoms with Gasteiger partial charge in [-0.15, -0.1) is 0 Å². The van der Waals surface area contributed by atoms with Crippen molar-refractivity contribution in [2.45, 2.75) is 59.4 Å². The molecule has 1 aliphatic rings. The molecule has 0 unspecified atom stereocenters. The molecule has 3 heteroatoms. The summed E-state index contributed by atoms with van der Waals surface area (Å²) in [5.41, 5.74) is 0. The highest BCUT2D eigenvalue weighted by atomic mass is 16.1. The van der Waals surface area contributed by atoms with E-state index >= 15 is 0 Å². The summed E-state index contributed by atoms with van der Waals surface area (Å²) in [4.78, 5) is 14.0. The molecule has 1 heterocycles. The van der Waals surface area contributed by atoms with Crippen LogP contribution in [-0.2, 0) is 4.79 Å². The predicted octanol–water partition coefficient (Wildman–Crippen LogP) is 2.70. The third kappa shape index (κ3) is 7.07. The van der Waals surface area contributed by atoms with Gasteiger partial charge in [0.15, 0.2) is 0 Å². The molecule has 0 radical (unpaired) electrons. The van der Waals surface area contributed by atoms with Gasteiger partial charge in [-0.3, -0.25) is 4.79 Å². The number of likely N-dealkylation sites (tertiary alicyclic amines) is 1. The van der Waals surface area contributed by atoms with Gasteiger partial charge in [0.25, 0.3) is 0 Å². The second-order valence-corrected chi connectivity index (χ2v) is 6.62. The normalized spacial score (nSPS) is 17.2. The molecule has 0 saturated carbocycles. The quantitative estimate of drug-likeness (QED) is 0.618. The van der Waals surface area contributed by atoms with Crippen LogP contribution in [0.3, 0.4) is 0 Å². The van der Waals surface area contributed by atoms with Crippen molar-refractivity contribution in [3.8, 4) is 0 Å². The molecule has 0 aromatic carbocycles. The number of hydrogen-bond donors (Lipinski definition) is 1. The molecule has 3 nitrogen and oxygen atoms in total. The summed E-state index contributed by atoms with van der Waals surface area (Å²) in [6.45, 7) is 13.3. The first-order valence-corrected chi connectivity index (χ1v) is 7.97. The molecule has 112 valence electrons. The number of rotatable bonds is 10. The SMILES string of the molecule is CC(C)NCC1CN(CCCCCC(=O)C(C)C)C1. The molecular weight excluding hydrogens is 236 g/mol. The first kappa shape index (κ1) is 16.6. The zero-order valence-corrected chi connectivity index (χ0v) is 13.2. The van der Waals surface area contributed by atoms with Gasteiger partial charge in [0, 0.05) is 38.0 Å². The zero-order valence-electron chi connectivity index (χ0n) is 13.2. The fourth-order valence-corrected chi connectivity index (χ4v) is 2.49. The standard InChI is InChI=1S/C16H32N2O/c1-13(2)16(19)8-6-5-7-9-18-11-15(12-18)10-17-14(3)4/h13-15,17H,5-12H2,1-4H3. The van der Waals surface area contributed by atoms with Crippen LogP contribution in [0.15, 0.2) is 0 Å². The molecule has 1 aliphatic heterocycles. The highest BCUT2D eigenvalue weighted by Crippen LogP contribution is 2.16. The van der Waals surface area contributed by atoms with Crippen LogP contribution < -0.4 is 5.32 Å². The Labute approximate surface area is 119 Å². The number of ketones is 1. The first-order valence-electron chi connectivity index (χ1n) is 7.97. The largest absolute Gasteiger partial charge is 0.314 e. The van der Waals surface area contributed by atoms with Gasteiger partial charge < -0.3 is 10.2 Å². The minimum Gasteiger partial charge on any atom is -0.314 e. The summed E-state index contributed by atoms with van der Waals surface area (Å²) in [5.74, 6) is 1.48. The molecule has 1 N–H and O–H groups in total. The van der Waals surface area contributed by atoms with Gasteiger partial charge in [-0.05, 0) is 25.3 Å². The summed E-state index contributed by atoms with van der Waals surface area (Å²) >= 11 is 0. The van der Waals surface area contributed by atoms with E-state index in [9.17, 15) is 4.79 Å². The molecule has 0 spiro atoms. The average Bonchev–Trinajstić information content (AvgIpc) is 2.29. The van der Waals surface area contributed by atoms with Crippen molar-refractivity contribution in [2.75, 3.05) is 26.2 Å². The fourth-order valence-electron chi connectivity index (χ4n) is 2.49. The summed E-state index contributed by atoms with van der Waals surface area (Å²) in [7, 11) is 0. The Bertz CT molecular complexity index is 257. The highest BCUT2D eigenvalue weighted by Gasteiger charge is 2.25. The Morgan fingerprint density at radius 1 is 1.16 bits per heavy atom. The number of hydrogen-bond acceptors (Lipinski definition) is 3. The molecule has 0 aromatic rings. The van der Waals surface area contributed by atoms with E-state index in [1.807, 2.05) is 13.8 Å². The Morgan fingerprint density at radius 2 is 1.84 bits per heavy atom. The maximum atomic E-state index is 11.5. The van der Waals surface area contributed by atoms with E-state index in [4.69, 9.17) is 0 Å². The lowest BCUT2D eigenvalue weighted by molar-refractivity contribution is -0.122. The Kier molecular flexibility index (Phi) is 7.62. The van der Waals surface area contributed by atoms with Gasteiger partial charge in [0.2, 0.25) is 0 Å². The molecule has 1 rings (SSSR count). The Hall–Kier alpha value is -0.410. The Morgan fingerprint density at radius 3 is 2.42 bits per heavy atom. The van der Waals surface area contributed by atoms with Gasteiger partial charge in [-0.2, -0.15) is 0 Å². The second kappa shape index (κ2) is 8.70. The summed E-state index contributed by atoms with van der Waals surface area (Å²) in [5, 5.41) is 3.50. The van der Waals surface area contributed by atoms with Crippen molar-refractivity contribution in [1.29, 1.82) is 0 Å². The van der Waals surface area contributed by atoms with Crippen LogP contribution in [0.5, 0.6) is 0 Å². The summed E-state index contributed by atoms with van der Waals surface area (Å²) in [6.07, 6.45) is 4.29. The van der Waals surface area contributed by atoms with Crippen LogP contribution in [0.25, 0.3) is 0 Å². The average molecular weight is 268 g/mol. The summed E-state index contributed by atoms with van der Waals surface area (Å²) in [6, 6.07) is 0.604. The van der Waals surface area contributed by atoms with Crippen molar-refractivity contribution in [2.24, 2.45) is 11.8 Å². The number of carbonyl (C=O) groups excluding carboxylic acids is 1. The van der Waals surface area contributed by atoms with Crippen LogP contribution in [0.4, 0.5) is 0 Å². The monoisotopic (exact) mass is 268 g/mol. The molecule has 0 bridgehead atoms.